The zero-order valence-electron chi connectivity index (χ0n) is 6.71. The molecule has 4 heteroatoms. The third-order valence-corrected chi connectivity index (χ3v) is 1.85. The molecule has 0 N–H and O–H groups in total. The maximum atomic E-state index is 12.9. The molecule has 1 heterocycles. The molecule has 0 bridgehead atoms. The Morgan fingerprint density at radius 1 is 1.62 bits per heavy atom. The predicted molar refractivity (Wildman–Crippen MR) is 52.4 cm³/mol. The Morgan fingerprint density at radius 3 is 3.00 bits per heavy atom. The van der Waals surface area contributed by atoms with Gasteiger partial charge in [0.15, 0.2) is 6.29 Å². The smallest absolute Gasteiger partial charge is 0.224 e. The lowest BCUT2D eigenvalue weighted by Crippen LogP contribution is -1.94. The van der Waals surface area contributed by atoms with Gasteiger partial charge < -0.3 is 0 Å². The zero-order valence-corrected chi connectivity index (χ0v) is 8.29. The monoisotopic (exact) mass is 243 g/mol. The van der Waals surface area contributed by atoms with Crippen molar-refractivity contribution in [1.82, 2.24) is 4.98 Å². The number of hydrogen-bond acceptors (Lipinski definition) is 2. The minimum absolute atomic E-state index is 0.000278. The minimum Gasteiger partial charge on any atom is -0.298 e. The van der Waals surface area contributed by atoms with E-state index >= 15 is 0 Å². The molecule has 1 aromatic rings. The molecule has 1 aromatic heterocycles. The summed E-state index contributed by atoms with van der Waals surface area (Å²) < 4.78 is 12.9. The lowest BCUT2D eigenvalue weighted by molar-refractivity contribution is 0.111. The van der Waals surface area contributed by atoms with Gasteiger partial charge in [0.1, 0.15) is 0 Å². The second-order valence-corrected chi connectivity index (χ2v) is 2.93. The van der Waals surface area contributed by atoms with Gasteiger partial charge in [0.25, 0.3) is 0 Å². The summed E-state index contributed by atoms with van der Waals surface area (Å²) in [5, 5.41) is 0.662. The van der Waals surface area contributed by atoms with Crippen LogP contribution in [0.5, 0.6) is 0 Å². The van der Waals surface area contributed by atoms with Gasteiger partial charge in [-0.25, -0.2) is 4.98 Å². The van der Waals surface area contributed by atoms with Crippen LogP contribution >= 0.6 is 15.9 Å². The number of pyridine rings is 1. The molecular formula is C9H7BrFNO. The van der Waals surface area contributed by atoms with Gasteiger partial charge >= 0.3 is 0 Å². The van der Waals surface area contributed by atoms with Gasteiger partial charge in [0.05, 0.1) is 5.56 Å². The number of rotatable bonds is 3. The van der Waals surface area contributed by atoms with E-state index in [0.717, 1.165) is 0 Å². The van der Waals surface area contributed by atoms with Crippen molar-refractivity contribution in [3.63, 3.8) is 0 Å². The van der Waals surface area contributed by atoms with Crippen molar-refractivity contribution in [3.8, 4) is 0 Å². The van der Waals surface area contributed by atoms with Gasteiger partial charge in [-0.3, -0.25) is 4.79 Å². The third-order valence-electron chi connectivity index (χ3n) is 1.48. The van der Waals surface area contributed by atoms with Crippen molar-refractivity contribution in [2.75, 3.05) is 5.33 Å². The van der Waals surface area contributed by atoms with Crippen LogP contribution in [0.2, 0.25) is 0 Å². The second kappa shape index (κ2) is 4.87. The normalized spacial score (nSPS) is 10.6. The predicted octanol–water partition coefficient (Wildman–Crippen LogP) is 2.44. The number of hydrogen-bond donors (Lipinski definition) is 0. The van der Waals surface area contributed by atoms with E-state index in [1.165, 1.54) is 6.20 Å². The summed E-state index contributed by atoms with van der Waals surface area (Å²) in [5.74, 6) is -0.730. The first-order valence-corrected chi connectivity index (χ1v) is 4.74. The number of alkyl halides is 1. The van der Waals surface area contributed by atoms with Gasteiger partial charge in [-0.2, -0.15) is 4.39 Å². The number of aldehydes is 1. The molecule has 0 spiro atoms. The van der Waals surface area contributed by atoms with Crippen molar-refractivity contribution < 1.29 is 9.18 Å². The Morgan fingerprint density at radius 2 is 2.38 bits per heavy atom. The van der Waals surface area contributed by atoms with E-state index in [0.29, 0.717) is 17.2 Å². The highest BCUT2D eigenvalue weighted by Gasteiger charge is 2.05. The summed E-state index contributed by atoms with van der Waals surface area (Å²) >= 11 is 3.19. The molecule has 68 valence electrons. The Hall–Kier alpha value is -1.03. The number of allylic oxidation sites excluding steroid dienone is 1. The summed E-state index contributed by atoms with van der Waals surface area (Å²) in [4.78, 5) is 13.9. The van der Waals surface area contributed by atoms with E-state index in [2.05, 4.69) is 20.9 Å². The second-order valence-electron chi connectivity index (χ2n) is 2.28. The molecule has 13 heavy (non-hydrogen) atoms. The van der Waals surface area contributed by atoms with E-state index in [1.807, 2.05) is 0 Å². The van der Waals surface area contributed by atoms with Crippen molar-refractivity contribution in [3.05, 3.63) is 35.4 Å². The first kappa shape index (κ1) is 10.1. The average molecular weight is 244 g/mol. The quantitative estimate of drug-likeness (QED) is 0.464. The molecule has 0 radical (unpaired) electrons. The molecule has 0 aliphatic carbocycles. The maximum Gasteiger partial charge on any atom is 0.224 e. The van der Waals surface area contributed by atoms with Crippen LogP contribution in [0.1, 0.15) is 15.9 Å². The van der Waals surface area contributed by atoms with Crippen LogP contribution in [0.15, 0.2) is 18.3 Å². The molecule has 2 nitrogen and oxygen atoms in total. The van der Waals surface area contributed by atoms with Crippen LogP contribution in [0.4, 0.5) is 4.39 Å². The summed E-state index contributed by atoms with van der Waals surface area (Å²) in [6.45, 7) is 0. The van der Waals surface area contributed by atoms with E-state index < -0.39 is 5.95 Å². The highest BCUT2D eigenvalue weighted by atomic mass is 79.9. The Bertz CT molecular complexity index is 338. The summed E-state index contributed by atoms with van der Waals surface area (Å²) in [6.07, 6.45) is 5.25. The lowest BCUT2D eigenvalue weighted by atomic mass is 10.1. The molecular weight excluding hydrogens is 237 g/mol. The maximum absolute atomic E-state index is 12.9. The molecule has 0 amide bonds. The van der Waals surface area contributed by atoms with Crippen LogP contribution in [0.25, 0.3) is 6.08 Å². The molecule has 0 unspecified atom stereocenters. The van der Waals surface area contributed by atoms with Crippen LogP contribution in [0.3, 0.4) is 0 Å². The standard InChI is InChI=1S/C9H7BrFNO/c10-4-1-2-7-3-5-12-9(11)8(7)6-13/h1-3,5-6H,4H2. The van der Waals surface area contributed by atoms with Gasteiger partial charge in [-0.15, -0.1) is 0 Å². The number of nitrogens with zero attached hydrogens (tertiary/aromatic N) is 1. The Balaban J connectivity index is 3.12. The van der Waals surface area contributed by atoms with Gasteiger partial charge in [0.2, 0.25) is 5.95 Å². The average Bonchev–Trinajstić information content (AvgIpc) is 2.15. The number of aromatic nitrogens is 1. The minimum atomic E-state index is -0.730. The SMILES string of the molecule is O=Cc1c(C=CCBr)ccnc1F. The Kier molecular flexibility index (Phi) is 3.76. The van der Waals surface area contributed by atoms with Crippen molar-refractivity contribution >= 4 is 28.3 Å². The largest absolute Gasteiger partial charge is 0.298 e. The van der Waals surface area contributed by atoms with Crippen molar-refractivity contribution in [1.29, 1.82) is 0 Å². The highest BCUT2D eigenvalue weighted by Crippen LogP contribution is 2.10. The van der Waals surface area contributed by atoms with Crippen LogP contribution < -0.4 is 0 Å². The lowest BCUT2D eigenvalue weighted by Gasteiger charge is -1.97. The number of carbonyl (C=O) groups excluding carboxylic acids is 1. The summed E-state index contributed by atoms with van der Waals surface area (Å²) in [7, 11) is 0. The number of halogens is 2. The first-order chi connectivity index (χ1) is 6.29. The fraction of sp³-hybridized carbons (Fsp3) is 0.111. The fourth-order valence-corrected chi connectivity index (χ4v) is 1.08. The third kappa shape index (κ3) is 2.45. The molecule has 0 aliphatic rings. The van der Waals surface area contributed by atoms with Crippen LogP contribution in [-0.2, 0) is 0 Å². The van der Waals surface area contributed by atoms with Crippen molar-refractivity contribution in [2.24, 2.45) is 0 Å². The van der Waals surface area contributed by atoms with Gasteiger partial charge in [-0.1, -0.05) is 28.1 Å². The fourth-order valence-electron chi connectivity index (χ4n) is 0.895. The van der Waals surface area contributed by atoms with Gasteiger partial charge in [-0.05, 0) is 11.6 Å². The molecule has 0 atom stereocenters. The molecule has 0 aromatic carbocycles. The highest BCUT2D eigenvalue weighted by molar-refractivity contribution is 9.09. The molecule has 0 saturated heterocycles. The molecule has 0 aliphatic heterocycles. The molecule has 0 fully saturated rings. The van der Waals surface area contributed by atoms with Crippen LogP contribution in [0, 0.1) is 5.95 Å². The van der Waals surface area contributed by atoms with Gasteiger partial charge in [0, 0.05) is 11.5 Å². The topological polar surface area (TPSA) is 30.0 Å². The first-order valence-electron chi connectivity index (χ1n) is 3.61. The summed E-state index contributed by atoms with van der Waals surface area (Å²) in [5.41, 5.74) is 0.543. The Labute approximate surface area is 83.6 Å². The summed E-state index contributed by atoms with van der Waals surface area (Å²) in [6, 6.07) is 1.59. The zero-order chi connectivity index (χ0) is 9.68. The van der Waals surface area contributed by atoms with E-state index in [1.54, 1.807) is 18.2 Å². The van der Waals surface area contributed by atoms with Crippen molar-refractivity contribution in [2.45, 2.75) is 0 Å². The molecule has 1 rings (SSSR count). The van der Waals surface area contributed by atoms with Crippen LogP contribution in [-0.4, -0.2) is 16.6 Å². The number of carbonyl (C=O) groups is 1. The van der Waals surface area contributed by atoms with E-state index in [-0.39, 0.29) is 5.56 Å². The molecule has 0 saturated carbocycles. The van der Waals surface area contributed by atoms with E-state index in [4.69, 9.17) is 0 Å². The van der Waals surface area contributed by atoms with E-state index in [9.17, 15) is 9.18 Å².